The summed E-state index contributed by atoms with van der Waals surface area (Å²) in [5.74, 6) is 2.14. The molecule has 2 N–H and O–H groups in total. The average Bonchev–Trinajstić information content (AvgIpc) is 2.40. The van der Waals surface area contributed by atoms with Crippen LogP contribution in [0.3, 0.4) is 0 Å². The van der Waals surface area contributed by atoms with Crippen LogP contribution in [0.25, 0.3) is 0 Å². The average molecular weight is 385 g/mol. The van der Waals surface area contributed by atoms with Crippen LogP contribution in [-0.4, -0.2) is 9.97 Å². The Morgan fingerprint density at radius 2 is 2.11 bits per heavy atom. The Labute approximate surface area is 131 Å². The van der Waals surface area contributed by atoms with Gasteiger partial charge in [-0.2, -0.15) is 0 Å². The summed E-state index contributed by atoms with van der Waals surface area (Å²) in [6, 6.07) is 8.44. The standard InChI is InChI=1S/C14H16IN3S/c1-3-11-13(15)14(16)18-12(17-11)8-19-10-6-4-5-9(2)7-10/h4-7H,3,8H2,1-2H3,(H2,16,17,18). The van der Waals surface area contributed by atoms with Gasteiger partial charge < -0.3 is 5.73 Å². The Morgan fingerprint density at radius 3 is 2.79 bits per heavy atom. The first-order chi connectivity index (χ1) is 9.10. The smallest absolute Gasteiger partial charge is 0.141 e. The largest absolute Gasteiger partial charge is 0.383 e. The molecule has 19 heavy (non-hydrogen) atoms. The minimum Gasteiger partial charge on any atom is -0.383 e. The van der Waals surface area contributed by atoms with Crippen molar-refractivity contribution in [3.63, 3.8) is 0 Å². The highest BCUT2D eigenvalue weighted by Crippen LogP contribution is 2.24. The molecule has 3 nitrogen and oxygen atoms in total. The lowest BCUT2D eigenvalue weighted by Crippen LogP contribution is -2.06. The molecule has 1 aromatic carbocycles. The van der Waals surface area contributed by atoms with Crippen molar-refractivity contribution >= 4 is 40.2 Å². The lowest BCUT2D eigenvalue weighted by atomic mass is 10.2. The van der Waals surface area contributed by atoms with Crippen molar-refractivity contribution < 1.29 is 0 Å². The van der Waals surface area contributed by atoms with Crippen LogP contribution >= 0.6 is 34.4 Å². The quantitative estimate of drug-likeness (QED) is 0.642. The van der Waals surface area contributed by atoms with E-state index in [1.165, 1.54) is 10.5 Å². The molecule has 0 amide bonds. The topological polar surface area (TPSA) is 51.8 Å². The van der Waals surface area contributed by atoms with Gasteiger partial charge in [0.25, 0.3) is 0 Å². The van der Waals surface area contributed by atoms with E-state index < -0.39 is 0 Å². The Hall–Kier alpha value is -0.820. The second-order valence-electron chi connectivity index (χ2n) is 4.24. The van der Waals surface area contributed by atoms with Gasteiger partial charge in [0, 0.05) is 4.90 Å². The van der Waals surface area contributed by atoms with Crippen LogP contribution < -0.4 is 5.73 Å². The molecule has 0 unspecified atom stereocenters. The van der Waals surface area contributed by atoms with Crippen LogP contribution in [0.5, 0.6) is 0 Å². The molecule has 1 aromatic heterocycles. The Kier molecular flexibility index (Phi) is 5.04. The van der Waals surface area contributed by atoms with Crippen molar-refractivity contribution in [2.24, 2.45) is 0 Å². The van der Waals surface area contributed by atoms with Gasteiger partial charge in [-0.05, 0) is 48.1 Å². The molecule has 0 aliphatic carbocycles. The number of halogens is 1. The molecule has 0 fully saturated rings. The van der Waals surface area contributed by atoms with Gasteiger partial charge in [-0.3, -0.25) is 0 Å². The minimum atomic E-state index is 0.590. The zero-order valence-electron chi connectivity index (χ0n) is 11.0. The third-order valence-electron chi connectivity index (χ3n) is 2.68. The van der Waals surface area contributed by atoms with E-state index in [1.54, 1.807) is 11.8 Å². The number of nitrogens with zero attached hydrogens (tertiary/aromatic N) is 2. The maximum Gasteiger partial charge on any atom is 0.141 e. The Morgan fingerprint density at radius 1 is 1.32 bits per heavy atom. The highest BCUT2D eigenvalue weighted by molar-refractivity contribution is 14.1. The van der Waals surface area contributed by atoms with E-state index in [2.05, 4.69) is 70.7 Å². The van der Waals surface area contributed by atoms with E-state index in [0.717, 1.165) is 27.3 Å². The van der Waals surface area contributed by atoms with Gasteiger partial charge in [0.2, 0.25) is 0 Å². The number of hydrogen-bond acceptors (Lipinski definition) is 4. The third-order valence-corrected chi connectivity index (χ3v) is 4.85. The van der Waals surface area contributed by atoms with Gasteiger partial charge in [-0.15, -0.1) is 11.8 Å². The van der Waals surface area contributed by atoms with Crippen LogP contribution in [0.15, 0.2) is 29.2 Å². The summed E-state index contributed by atoms with van der Waals surface area (Å²) in [4.78, 5) is 10.2. The van der Waals surface area contributed by atoms with Gasteiger partial charge in [-0.1, -0.05) is 24.6 Å². The number of aromatic nitrogens is 2. The van der Waals surface area contributed by atoms with Gasteiger partial charge in [0.1, 0.15) is 11.6 Å². The van der Waals surface area contributed by atoms with Gasteiger partial charge in [-0.25, -0.2) is 9.97 Å². The zero-order chi connectivity index (χ0) is 13.8. The first-order valence-corrected chi connectivity index (χ1v) is 8.16. The van der Waals surface area contributed by atoms with E-state index >= 15 is 0 Å². The molecule has 0 bridgehead atoms. The molecule has 0 spiro atoms. The summed E-state index contributed by atoms with van der Waals surface area (Å²) in [5, 5.41) is 0. The Bertz CT molecular complexity index is 587. The van der Waals surface area contributed by atoms with Gasteiger partial charge >= 0.3 is 0 Å². The predicted octanol–water partition coefficient (Wildman–Crippen LogP) is 3.83. The van der Waals surface area contributed by atoms with E-state index in [-0.39, 0.29) is 0 Å². The maximum absolute atomic E-state index is 5.92. The molecule has 0 saturated carbocycles. The number of nitrogens with two attached hydrogens (primary N) is 1. The van der Waals surface area contributed by atoms with E-state index in [1.807, 2.05) is 0 Å². The molecule has 0 saturated heterocycles. The van der Waals surface area contributed by atoms with Crippen molar-refractivity contribution in [2.45, 2.75) is 30.9 Å². The van der Waals surface area contributed by atoms with Gasteiger partial charge in [0.15, 0.2) is 0 Å². The van der Waals surface area contributed by atoms with E-state index in [9.17, 15) is 0 Å². The molecule has 100 valence electrons. The molecule has 1 heterocycles. The summed E-state index contributed by atoms with van der Waals surface area (Å²) in [5.41, 5.74) is 8.22. The maximum atomic E-state index is 5.92. The summed E-state index contributed by atoms with van der Waals surface area (Å²) in [7, 11) is 0. The second-order valence-corrected chi connectivity index (χ2v) is 6.37. The van der Waals surface area contributed by atoms with Crippen LogP contribution in [0.2, 0.25) is 0 Å². The van der Waals surface area contributed by atoms with Crippen molar-refractivity contribution in [3.05, 3.63) is 44.9 Å². The summed E-state index contributed by atoms with van der Waals surface area (Å²) < 4.78 is 0.976. The Balaban J connectivity index is 2.13. The summed E-state index contributed by atoms with van der Waals surface area (Å²) >= 11 is 3.95. The van der Waals surface area contributed by atoms with E-state index in [0.29, 0.717) is 5.82 Å². The number of rotatable bonds is 4. The zero-order valence-corrected chi connectivity index (χ0v) is 14.0. The summed E-state index contributed by atoms with van der Waals surface area (Å²) in [6.07, 6.45) is 0.882. The first-order valence-electron chi connectivity index (χ1n) is 6.10. The fraction of sp³-hybridized carbons (Fsp3) is 0.286. The fourth-order valence-electron chi connectivity index (χ4n) is 1.72. The van der Waals surface area contributed by atoms with Crippen molar-refractivity contribution in [3.8, 4) is 0 Å². The molecule has 0 aliphatic rings. The molecular weight excluding hydrogens is 369 g/mol. The van der Waals surface area contributed by atoms with Crippen LogP contribution in [0, 0.1) is 10.5 Å². The monoisotopic (exact) mass is 385 g/mol. The SMILES string of the molecule is CCc1nc(CSc2cccc(C)c2)nc(N)c1I. The number of anilines is 1. The molecule has 0 aliphatic heterocycles. The van der Waals surface area contributed by atoms with Crippen molar-refractivity contribution in [1.29, 1.82) is 0 Å². The highest BCUT2D eigenvalue weighted by Gasteiger charge is 2.08. The molecule has 0 radical (unpaired) electrons. The molecule has 0 atom stereocenters. The van der Waals surface area contributed by atoms with Gasteiger partial charge in [0.05, 0.1) is 15.0 Å². The molecule has 2 rings (SSSR count). The second kappa shape index (κ2) is 6.56. The number of nitrogen functional groups attached to an aromatic ring is 1. The fourth-order valence-corrected chi connectivity index (χ4v) is 3.21. The van der Waals surface area contributed by atoms with Crippen LogP contribution in [-0.2, 0) is 12.2 Å². The molecule has 2 aromatic rings. The molecule has 5 heteroatoms. The molecular formula is C14H16IN3S. The highest BCUT2D eigenvalue weighted by atomic mass is 127. The van der Waals surface area contributed by atoms with Crippen LogP contribution in [0.1, 0.15) is 24.0 Å². The first kappa shape index (κ1) is 14.6. The predicted molar refractivity (Wildman–Crippen MR) is 89.3 cm³/mol. The number of aryl methyl sites for hydroxylation is 2. The van der Waals surface area contributed by atoms with Crippen molar-refractivity contribution in [1.82, 2.24) is 9.97 Å². The summed E-state index contributed by atoms with van der Waals surface area (Å²) in [6.45, 7) is 4.18. The third kappa shape index (κ3) is 3.82. The lowest BCUT2D eigenvalue weighted by molar-refractivity contribution is 0.933. The number of hydrogen-bond donors (Lipinski definition) is 1. The normalized spacial score (nSPS) is 10.7. The van der Waals surface area contributed by atoms with E-state index in [4.69, 9.17) is 5.73 Å². The number of benzene rings is 1. The van der Waals surface area contributed by atoms with Crippen LogP contribution in [0.4, 0.5) is 5.82 Å². The number of thioether (sulfide) groups is 1. The van der Waals surface area contributed by atoms with Crippen molar-refractivity contribution in [2.75, 3.05) is 5.73 Å². The minimum absolute atomic E-state index is 0.590. The lowest BCUT2D eigenvalue weighted by Gasteiger charge is -2.07.